The molecular weight excluding hydrogens is 388 g/mol. The van der Waals surface area contributed by atoms with Gasteiger partial charge in [-0.25, -0.2) is 0 Å². The first-order valence-electron chi connectivity index (χ1n) is 9.03. The monoisotopic (exact) mass is 406 g/mol. The van der Waals surface area contributed by atoms with Crippen LogP contribution in [0.2, 0.25) is 0 Å². The van der Waals surface area contributed by atoms with Gasteiger partial charge in [0.2, 0.25) is 0 Å². The highest BCUT2D eigenvalue weighted by Crippen LogP contribution is 2.57. The Morgan fingerprint density at radius 1 is 0.862 bits per heavy atom. The molecule has 1 fully saturated rings. The van der Waals surface area contributed by atoms with E-state index >= 15 is 0 Å². The summed E-state index contributed by atoms with van der Waals surface area (Å²) in [5.74, 6) is -13.0. The fourth-order valence-corrected chi connectivity index (χ4v) is 3.53. The van der Waals surface area contributed by atoms with Gasteiger partial charge >= 0.3 is 11.8 Å². The Hall–Kier alpha value is -2.48. The third-order valence-electron chi connectivity index (χ3n) is 5.10. The van der Waals surface area contributed by atoms with Crippen LogP contribution in [-0.4, -0.2) is 29.7 Å². The van der Waals surface area contributed by atoms with E-state index in [2.05, 4.69) is 0 Å². The zero-order chi connectivity index (χ0) is 20.7. The smallest absolute Gasteiger partial charge is 0.369 e. The molecule has 1 saturated heterocycles. The molecule has 2 atom stereocenters. The summed E-state index contributed by atoms with van der Waals surface area (Å²) < 4.78 is 68.9. The Morgan fingerprint density at radius 2 is 1.52 bits per heavy atom. The molecule has 1 N–H and O–H groups in total. The van der Waals surface area contributed by atoms with Crippen LogP contribution in [0.15, 0.2) is 72.8 Å². The van der Waals surface area contributed by atoms with Gasteiger partial charge in [-0.15, -0.1) is 0 Å². The van der Waals surface area contributed by atoms with Crippen molar-refractivity contribution in [3.8, 4) is 0 Å². The first-order valence-corrected chi connectivity index (χ1v) is 9.03. The average molecular weight is 406 g/mol. The van der Waals surface area contributed by atoms with E-state index in [0.717, 1.165) is 0 Å². The summed E-state index contributed by atoms with van der Waals surface area (Å²) in [7, 11) is 0. The summed E-state index contributed by atoms with van der Waals surface area (Å²) in [6.07, 6.45) is -2.31. The number of hydrogen-bond donors (Lipinski definition) is 1. The molecule has 3 nitrogen and oxygen atoms in total. The van der Waals surface area contributed by atoms with Gasteiger partial charge in [0.1, 0.15) is 0 Å². The second kappa shape index (κ2) is 7.09. The molecule has 4 rings (SSSR count). The summed E-state index contributed by atoms with van der Waals surface area (Å²) in [6.45, 7) is -0.848. The van der Waals surface area contributed by atoms with Crippen LogP contribution in [-0.2, 0) is 21.9 Å². The van der Waals surface area contributed by atoms with Gasteiger partial charge in [0.15, 0.2) is 6.10 Å². The van der Waals surface area contributed by atoms with Gasteiger partial charge in [-0.3, -0.25) is 0 Å². The van der Waals surface area contributed by atoms with Gasteiger partial charge in [-0.05, 0) is 16.3 Å². The van der Waals surface area contributed by atoms with E-state index in [4.69, 9.17) is 9.47 Å². The minimum absolute atomic E-state index is 0.0466. The maximum absolute atomic E-state index is 14.8. The highest BCUT2D eigenvalue weighted by atomic mass is 19.3. The van der Waals surface area contributed by atoms with Gasteiger partial charge in [0.25, 0.3) is 5.79 Å². The van der Waals surface area contributed by atoms with Crippen LogP contribution in [0.1, 0.15) is 11.1 Å². The van der Waals surface area contributed by atoms with Crippen molar-refractivity contribution in [1.82, 2.24) is 0 Å². The van der Waals surface area contributed by atoms with Crippen LogP contribution >= 0.6 is 0 Å². The third-order valence-corrected chi connectivity index (χ3v) is 5.10. The molecule has 0 bridgehead atoms. The van der Waals surface area contributed by atoms with Gasteiger partial charge in [0.05, 0.1) is 13.2 Å². The SMILES string of the molecule is O[C@@]1(c2cccc3ccccc23)O[C@H](COCc2ccccc2)C(F)(F)C1(F)F. The van der Waals surface area contributed by atoms with Crippen LogP contribution in [0.5, 0.6) is 0 Å². The molecule has 3 aromatic carbocycles. The first-order chi connectivity index (χ1) is 13.8. The summed E-state index contributed by atoms with van der Waals surface area (Å²) in [5.41, 5.74) is 0.288. The molecule has 152 valence electrons. The minimum atomic E-state index is -4.86. The summed E-state index contributed by atoms with van der Waals surface area (Å²) >= 11 is 0. The van der Waals surface area contributed by atoms with E-state index in [1.807, 2.05) is 0 Å². The van der Waals surface area contributed by atoms with Crippen LogP contribution in [0.3, 0.4) is 0 Å². The number of ether oxygens (including phenoxy) is 2. The fraction of sp³-hybridized carbons (Fsp3) is 0.273. The van der Waals surface area contributed by atoms with Crippen molar-refractivity contribution < 1.29 is 32.1 Å². The number of aliphatic hydroxyl groups is 1. The van der Waals surface area contributed by atoms with Crippen LogP contribution in [0.25, 0.3) is 10.8 Å². The van der Waals surface area contributed by atoms with E-state index in [1.54, 1.807) is 54.6 Å². The van der Waals surface area contributed by atoms with Crippen molar-refractivity contribution in [2.45, 2.75) is 30.3 Å². The predicted octanol–water partition coefficient (Wildman–Crippen LogP) is 4.87. The third kappa shape index (κ3) is 3.10. The molecule has 7 heteroatoms. The van der Waals surface area contributed by atoms with Crippen LogP contribution < -0.4 is 0 Å². The molecule has 0 saturated carbocycles. The number of halogens is 4. The molecule has 0 aromatic heterocycles. The normalized spacial score (nSPS) is 25.3. The lowest BCUT2D eigenvalue weighted by Gasteiger charge is -2.30. The largest absolute Gasteiger partial charge is 0.374 e. The Bertz CT molecular complexity index is 1000. The second-order valence-corrected chi connectivity index (χ2v) is 6.98. The van der Waals surface area contributed by atoms with E-state index in [9.17, 15) is 22.7 Å². The molecule has 0 amide bonds. The molecule has 29 heavy (non-hydrogen) atoms. The highest BCUT2D eigenvalue weighted by Gasteiger charge is 2.80. The van der Waals surface area contributed by atoms with E-state index < -0.39 is 35.9 Å². The Kier molecular flexibility index (Phi) is 4.85. The molecule has 0 radical (unpaired) electrons. The minimum Gasteiger partial charge on any atom is -0.374 e. The maximum atomic E-state index is 14.8. The number of benzene rings is 3. The quantitative estimate of drug-likeness (QED) is 0.615. The molecule has 1 heterocycles. The number of rotatable bonds is 5. The zero-order valence-corrected chi connectivity index (χ0v) is 15.2. The standard InChI is InChI=1S/C22H18F4O3/c23-20(24)19(14-28-13-15-7-2-1-3-8-15)29-21(27,22(20,25)26)18-12-6-10-16-9-4-5-11-17(16)18/h1-12,19,27H,13-14H2/t19-,21+/m1/s1. The Balaban J connectivity index is 1.64. The van der Waals surface area contributed by atoms with Crippen molar-refractivity contribution in [1.29, 1.82) is 0 Å². The van der Waals surface area contributed by atoms with Gasteiger partial charge < -0.3 is 14.6 Å². The van der Waals surface area contributed by atoms with Crippen LogP contribution in [0, 0.1) is 0 Å². The predicted molar refractivity (Wildman–Crippen MR) is 98.7 cm³/mol. The summed E-state index contributed by atoms with van der Waals surface area (Å²) in [5, 5.41) is 11.4. The van der Waals surface area contributed by atoms with Crippen LogP contribution in [0.4, 0.5) is 17.6 Å². The van der Waals surface area contributed by atoms with Crippen molar-refractivity contribution >= 4 is 10.8 Å². The van der Waals surface area contributed by atoms with Crippen molar-refractivity contribution in [2.24, 2.45) is 0 Å². The lowest BCUT2D eigenvalue weighted by atomic mass is 9.92. The van der Waals surface area contributed by atoms with Crippen molar-refractivity contribution in [3.63, 3.8) is 0 Å². The number of fused-ring (bicyclic) bond motifs is 1. The molecular formula is C22H18F4O3. The first kappa shape index (κ1) is 19.8. The second-order valence-electron chi connectivity index (χ2n) is 6.98. The van der Waals surface area contributed by atoms with Gasteiger partial charge in [-0.1, -0.05) is 72.8 Å². The van der Waals surface area contributed by atoms with E-state index in [1.165, 1.54) is 18.2 Å². The topological polar surface area (TPSA) is 38.7 Å². The molecule has 3 aromatic rings. The number of hydrogen-bond acceptors (Lipinski definition) is 3. The molecule has 1 aliphatic heterocycles. The molecule has 0 spiro atoms. The average Bonchev–Trinajstić information content (AvgIpc) is 2.85. The summed E-state index contributed by atoms with van der Waals surface area (Å²) in [4.78, 5) is 0. The van der Waals surface area contributed by atoms with Gasteiger partial charge in [0, 0.05) is 5.56 Å². The van der Waals surface area contributed by atoms with Gasteiger partial charge in [-0.2, -0.15) is 17.6 Å². The summed E-state index contributed by atoms with van der Waals surface area (Å²) in [6, 6.07) is 19.3. The molecule has 0 aliphatic carbocycles. The lowest BCUT2D eigenvalue weighted by molar-refractivity contribution is -0.309. The zero-order valence-electron chi connectivity index (χ0n) is 15.2. The fourth-order valence-electron chi connectivity index (χ4n) is 3.53. The maximum Gasteiger partial charge on any atom is 0.369 e. The lowest BCUT2D eigenvalue weighted by Crippen LogP contribution is -2.52. The van der Waals surface area contributed by atoms with Crippen molar-refractivity contribution in [3.05, 3.63) is 83.9 Å². The van der Waals surface area contributed by atoms with E-state index in [-0.39, 0.29) is 12.0 Å². The van der Waals surface area contributed by atoms with Crippen molar-refractivity contribution in [2.75, 3.05) is 6.61 Å². The number of alkyl halides is 4. The Labute approximate surface area is 164 Å². The Morgan fingerprint density at radius 3 is 2.28 bits per heavy atom. The highest BCUT2D eigenvalue weighted by molar-refractivity contribution is 5.86. The van der Waals surface area contributed by atoms with E-state index in [0.29, 0.717) is 10.9 Å². The molecule has 0 unspecified atom stereocenters. The molecule has 1 aliphatic rings.